The molecule has 0 saturated heterocycles. The zero-order valence-corrected chi connectivity index (χ0v) is 18.7. The zero-order valence-electron chi connectivity index (χ0n) is 17.9. The summed E-state index contributed by atoms with van der Waals surface area (Å²) in [6.07, 6.45) is 0.822. The lowest BCUT2D eigenvalue weighted by Gasteiger charge is -2.12. The van der Waals surface area contributed by atoms with Gasteiger partial charge < -0.3 is 19.3 Å². The fourth-order valence-corrected chi connectivity index (χ4v) is 4.58. The molecule has 1 aliphatic heterocycles. The Morgan fingerprint density at radius 2 is 1.88 bits per heavy atom. The van der Waals surface area contributed by atoms with E-state index in [0.29, 0.717) is 6.61 Å². The smallest absolute Gasteiger partial charge is 0.341 e. The molecule has 0 atom stereocenters. The first kappa shape index (κ1) is 22.6. The number of rotatable bonds is 8. The molecule has 1 aliphatic rings. The van der Waals surface area contributed by atoms with Crippen molar-refractivity contribution in [2.45, 2.75) is 11.3 Å². The molecule has 2 N–H and O–H groups in total. The highest BCUT2D eigenvalue weighted by Gasteiger charge is 2.19. The van der Waals surface area contributed by atoms with Gasteiger partial charge in [-0.15, -0.1) is 0 Å². The molecule has 0 saturated carbocycles. The highest BCUT2D eigenvalue weighted by Crippen LogP contribution is 2.32. The van der Waals surface area contributed by atoms with Crippen LogP contribution in [0.1, 0.15) is 15.9 Å². The first-order valence-electron chi connectivity index (χ1n) is 10.3. The van der Waals surface area contributed by atoms with E-state index in [1.54, 1.807) is 12.1 Å². The number of anilines is 1. The van der Waals surface area contributed by atoms with Crippen molar-refractivity contribution in [3.8, 4) is 22.6 Å². The van der Waals surface area contributed by atoms with Crippen LogP contribution in [-0.4, -0.2) is 46.4 Å². The van der Waals surface area contributed by atoms with E-state index in [4.69, 9.17) is 14.2 Å². The van der Waals surface area contributed by atoms with Crippen molar-refractivity contribution >= 4 is 21.7 Å². The van der Waals surface area contributed by atoms with Crippen molar-refractivity contribution in [3.63, 3.8) is 0 Å². The molecule has 0 amide bonds. The van der Waals surface area contributed by atoms with Crippen LogP contribution in [0.4, 0.5) is 5.69 Å². The average Bonchev–Trinajstić information content (AvgIpc) is 3.27. The molecule has 0 radical (unpaired) electrons. The number of esters is 1. The first-order chi connectivity index (χ1) is 15.9. The zero-order chi connectivity index (χ0) is 23.4. The largest absolute Gasteiger partial charge is 0.507 e. The van der Waals surface area contributed by atoms with Crippen LogP contribution >= 0.6 is 0 Å². The summed E-state index contributed by atoms with van der Waals surface area (Å²) in [5.74, 6) is -0.270. The molecule has 0 aliphatic carbocycles. The molecule has 0 aromatic heterocycles. The molecular weight excluding hydrogens is 446 g/mol. The summed E-state index contributed by atoms with van der Waals surface area (Å²) < 4.78 is 43.7. The number of ether oxygens (including phenoxy) is 3. The molecule has 33 heavy (non-hydrogen) atoms. The summed E-state index contributed by atoms with van der Waals surface area (Å²) in [6.45, 7) is 0.910. The molecule has 0 unspecified atom stereocenters. The van der Waals surface area contributed by atoms with Gasteiger partial charge in [-0.1, -0.05) is 18.2 Å². The molecule has 9 heteroatoms. The maximum absolute atomic E-state index is 13.0. The summed E-state index contributed by atoms with van der Waals surface area (Å²) in [6, 6.07) is 16.2. The predicted molar refractivity (Wildman–Crippen MR) is 122 cm³/mol. The number of fused-ring (bicyclic) bond motifs is 1. The molecule has 1 heterocycles. The van der Waals surface area contributed by atoms with Gasteiger partial charge >= 0.3 is 5.97 Å². The number of aromatic hydroxyl groups is 1. The van der Waals surface area contributed by atoms with Crippen LogP contribution in [0.3, 0.4) is 0 Å². The molecule has 3 aromatic rings. The van der Waals surface area contributed by atoms with Gasteiger partial charge in [-0.25, -0.2) is 13.2 Å². The van der Waals surface area contributed by atoms with Crippen LogP contribution in [0.5, 0.6) is 11.5 Å². The van der Waals surface area contributed by atoms with E-state index in [-0.39, 0.29) is 29.4 Å². The Morgan fingerprint density at radius 3 is 2.67 bits per heavy atom. The van der Waals surface area contributed by atoms with Crippen molar-refractivity contribution in [2.24, 2.45) is 0 Å². The average molecular weight is 470 g/mol. The molecule has 8 nitrogen and oxygen atoms in total. The third-order valence-corrected chi connectivity index (χ3v) is 6.54. The van der Waals surface area contributed by atoms with Crippen LogP contribution in [0.15, 0.2) is 65.6 Å². The van der Waals surface area contributed by atoms with Crippen LogP contribution < -0.4 is 9.46 Å². The standard InChI is InChI=1S/C24H23NO7S/c1-30-11-12-32-24(27)21-7-6-19(15-22(21)26)25-33(28,29)20-4-2-3-16(14-20)17-5-8-23-18(13-17)9-10-31-23/h2-8,13-15,25-26H,9-12H2,1H3. The summed E-state index contributed by atoms with van der Waals surface area (Å²) >= 11 is 0. The van der Waals surface area contributed by atoms with E-state index in [1.807, 2.05) is 24.3 Å². The van der Waals surface area contributed by atoms with Crippen molar-refractivity contribution < 1.29 is 32.5 Å². The van der Waals surface area contributed by atoms with Crippen molar-refractivity contribution in [3.05, 3.63) is 71.8 Å². The lowest BCUT2D eigenvalue weighted by atomic mass is 10.0. The second-order valence-electron chi connectivity index (χ2n) is 7.41. The molecule has 0 fully saturated rings. The molecule has 4 rings (SSSR count). The lowest BCUT2D eigenvalue weighted by molar-refractivity contribution is 0.0385. The fourth-order valence-electron chi connectivity index (χ4n) is 3.49. The number of hydrogen-bond acceptors (Lipinski definition) is 7. The Morgan fingerprint density at radius 1 is 1.06 bits per heavy atom. The van der Waals surface area contributed by atoms with Crippen molar-refractivity contribution in [1.29, 1.82) is 0 Å². The van der Waals surface area contributed by atoms with Gasteiger partial charge in [0.15, 0.2) is 0 Å². The maximum Gasteiger partial charge on any atom is 0.341 e. The summed E-state index contributed by atoms with van der Waals surface area (Å²) in [5.41, 5.74) is 2.78. The number of sulfonamides is 1. The van der Waals surface area contributed by atoms with Gasteiger partial charge in [0.2, 0.25) is 0 Å². The Bertz CT molecular complexity index is 1290. The third-order valence-electron chi connectivity index (χ3n) is 5.16. The molecule has 0 bridgehead atoms. The number of carbonyl (C=O) groups is 1. The van der Waals surface area contributed by atoms with Gasteiger partial charge in [-0.05, 0) is 53.1 Å². The molecule has 3 aromatic carbocycles. The Labute approximate surface area is 191 Å². The number of methoxy groups -OCH3 is 1. The van der Waals surface area contributed by atoms with Gasteiger partial charge in [0, 0.05) is 19.6 Å². The second-order valence-corrected chi connectivity index (χ2v) is 9.10. The van der Waals surface area contributed by atoms with Crippen LogP contribution in [0.2, 0.25) is 0 Å². The number of phenols is 1. The van der Waals surface area contributed by atoms with E-state index < -0.39 is 21.7 Å². The minimum atomic E-state index is -3.94. The van der Waals surface area contributed by atoms with E-state index in [2.05, 4.69) is 4.72 Å². The normalized spacial score (nSPS) is 12.6. The third kappa shape index (κ3) is 5.10. The maximum atomic E-state index is 13.0. The summed E-state index contributed by atoms with van der Waals surface area (Å²) in [4.78, 5) is 12.1. The predicted octanol–water partition coefficient (Wildman–Crippen LogP) is 3.60. The van der Waals surface area contributed by atoms with Crippen molar-refractivity contribution in [1.82, 2.24) is 0 Å². The van der Waals surface area contributed by atoms with Gasteiger partial charge in [0.05, 0.1) is 23.8 Å². The second kappa shape index (κ2) is 9.51. The number of benzene rings is 3. The van der Waals surface area contributed by atoms with Crippen LogP contribution in [-0.2, 0) is 25.9 Å². The van der Waals surface area contributed by atoms with Gasteiger partial charge in [0.25, 0.3) is 10.0 Å². The summed E-state index contributed by atoms with van der Waals surface area (Å²) in [5, 5.41) is 10.2. The lowest BCUT2D eigenvalue weighted by Crippen LogP contribution is -2.14. The SMILES string of the molecule is COCCOC(=O)c1ccc(NS(=O)(=O)c2cccc(-c3ccc4c(c3)CCO4)c2)cc1O. The minimum absolute atomic E-state index is 0.0384. The monoisotopic (exact) mass is 469 g/mol. The minimum Gasteiger partial charge on any atom is -0.507 e. The fraction of sp³-hybridized carbons (Fsp3) is 0.208. The Hall–Kier alpha value is -3.56. The number of nitrogens with one attached hydrogen (secondary N) is 1. The number of hydrogen-bond donors (Lipinski definition) is 2. The highest BCUT2D eigenvalue weighted by molar-refractivity contribution is 7.92. The number of carbonyl (C=O) groups excluding carboxylic acids is 1. The topological polar surface area (TPSA) is 111 Å². The van der Waals surface area contributed by atoms with E-state index in [1.165, 1.54) is 25.3 Å². The number of phenolic OH excluding ortho intramolecular Hbond substituents is 1. The van der Waals surface area contributed by atoms with Crippen LogP contribution in [0, 0.1) is 0 Å². The molecule has 0 spiro atoms. The summed E-state index contributed by atoms with van der Waals surface area (Å²) in [7, 11) is -2.47. The highest BCUT2D eigenvalue weighted by atomic mass is 32.2. The van der Waals surface area contributed by atoms with E-state index in [0.717, 1.165) is 34.9 Å². The van der Waals surface area contributed by atoms with Crippen LogP contribution in [0.25, 0.3) is 11.1 Å². The molecular formula is C24H23NO7S. The van der Waals surface area contributed by atoms with E-state index >= 15 is 0 Å². The van der Waals surface area contributed by atoms with Gasteiger partial charge in [-0.3, -0.25) is 4.72 Å². The van der Waals surface area contributed by atoms with Gasteiger partial charge in [-0.2, -0.15) is 0 Å². The van der Waals surface area contributed by atoms with Crippen molar-refractivity contribution in [2.75, 3.05) is 31.7 Å². The molecule has 172 valence electrons. The van der Waals surface area contributed by atoms with Gasteiger partial charge in [0.1, 0.15) is 23.7 Å². The quantitative estimate of drug-likeness (QED) is 0.383. The van der Waals surface area contributed by atoms with E-state index in [9.17, 15) is 18.3 Å². The Kier molecular flexibility index (Phi) is 6.52. The Balaban J connectivity index is 1.53. The first-order valence-corrected chi connectivity index (χ1v) is 11.7.